The Balaban J connectivity index is 1.47. The summed E-state index contributed by atoms with van der Waals surface area (Å²) in [5.74, 6) is -0.356. The first-order chi connectivity index (χ1) is 13.1. The van der Waals surface area contributed by atoms with E-state index in [-0.39, 0.29) is 18.0 Å². The molecule has 4 rings (SSSR count). The number of hydrogen-bond donors (Lipinski definition) is 1. The Morgan fingerprint density at radius 3 is 2.56 bits per heavy atom. The molecule has 0 radical (unpaired) electrons. The Hall–Kier alpha value is -1.89. The molecule has 0 aromatic carbocycles. The second kappa shape index (κ2) is 7.62. The lowest BCUT2D eigenvalue weighted by Gasteiger charge is -2.43. The average molecular weight is 374 g/mol. The number of aliphatic carboxylic acids is 1. The number of amides is 1. The van der Waals surface area contributed by atoms with E-state index >= 15 is 0 Å². The van der Waals surface area contributed by atoms with Crippen LogP contribution in [0.15, 0.2) is 12.3 Å². The minimum Gasteiger partial charge on any atom is -0.480 e. The first-order valence-electron chi connectivity index (χ1n) is 10.4. The molecule has 3 fully saturated rings. The molecule has 0 bridgehead atoms. The summed E-state index contributed by atoms with van der Waals surface area (Å²) in [4.78, 5) is 29.0. The quantitative estimate of drug-likeness (QED) is 0.854. The van der Waals surface area contributed by atoms with Crippen molar-refractivity contribution < 1.29 is 14.7 Å². The molecule has 3 aliphatic rings. The van der Waals surface area contributed by atoms with Crippen molar-refractivity contribution in [3.8, 4) is 0 Å². The van der Waals surface area contributed by atoms with Crippen molar-refractivity contribution in [1.82, 2.24) is 19.6 Å². The van der Waals surface area contributed by atoms with Crippen LogP contribution in [-0.2, 0) is 16.1 Å². The molecule has 3 heterocycles. The van der Waals surface area contributed by atoms with E-state index < -0.39 is 5.97 Å². The van der Waals surface area contributed by atoms with Crippen LogP contribution in [0.1, 0.15) is 63.0 Å². The molecule has 1 atom stereocenters. The summed E-state index contributed by atoms with van der Waals surface area (Å²) in [5.41, 5.74) is 0.650. The van der Waals surface area contributed by atoms with Crippen molar-refractivity contribution in [2.24, 2.45) is 0 Å². The Morgan fingerprint density at radius 2 is 1.85 bits per heavy atom. The molecule has 1 aromatic rings. The number of hydrogen-bond acceptors (Lipinski definition) is 4. The lowest BCUT2D eigenvalue weighted by Crippen LogP contribution is -2.58. The van der Waals surface area contributed by atoms with Crippen molar-refractivity contribution in [3.05, 3.63) is 18.0 Å². The van der Waals surface area contributed by atoms with Crippen molar-refractivity contribution in [3.63, 3.8) is 0 Å². The molecule has 2 aliphatic heterocycles. The maximum Gasteiger partial charge on any atom is 0.325 e. The number of carbonyl (C=O) groups excluding carboxylic acids is 1. The number of piperidine rings is 1. The van der Waals surface area contributed by atoms with Crippen molar-refractivity contribution in [2.75, 3.05) is 26.2 Å². The van der Waals surface area contributed by atoms with Gasteiger partial charge in [-0.3, -0.25) is 19.2 Å². The highest BCUT2D eigenvalue weighted by Gasteiger charge is 2.49. The molecule has 1 aromatic heterocycles. The van der Waals surface area contributed by atoms with E-state index in [1.807, 2.05) is 6.07 Å². The number of likely N-dealkylation sites (tertiary alicyclic amines) is 2. The second-order valence-electron chi connectivity index (χ2n) is 8.36. The first-order valence-corrected chi connectivity index (χ1v) is 10.4. The predicted molar refractivity (Wildman–Crippen MR) is 100 cm³/mol. The van der Waals surface area contributed by atoms with Crippen LogP contribution in [-0.4, -0.2) is 68.3 Å². The highest BCUT2D eigenvalue weighted by atomic mass is 16.4. The summed E-state index contributed by atoms with van der Waals surface area (Å²) in [6.07, 6.45) is 10.4. The van der Waals surface area contributed by atoms with Gasteiger partial charge in [-0.2, -0.15) is 5.10 Å². The molecule has 27 heavy (non-hydrogen) atoms. The summed E-state index contributed by atoms with van der Waals surface area (Å²) in [6, 6.07) is 1.91. The summed E-state index contributed by atoms with van der Waals surface area (Å²) in [6.45, 7) is 3.54. The smallest absolute Gasteiger partial charge is 0.325 e. The van der Waals surface area contributed by atoms with Gasteiger partial charge in [0, 0.05) is 25.2 Å². The van der Waals surface area contributed by atoms with Crippen molar-refractivity contribution in [2.45, 2.75) is 69.4 Å². The maximum atomic E-state index is 13.6. The molecule has 1 amide bonds. The Morgan fingerprint density at radius 1 is 1.11 bits per heavy atom. The number of carbonyl (C=O) groups is 2. The van der Waals surface area contributed by atoms with Crippen LogP contribution in [0.5, 0.6) is 0 Å². The van der Waals surface area contributed by atoms with Gasteiger partial charge in [0.25, 0.3) is 0 Å². The van der Waals surface area contributed by atoms with E-state index in [1.54, 1.807) is 6.20 Å². The molecule has 0 unspecified atom stereocenters. The summed E-state index contributed by atoms with van der Waals surface area (Å²) < 4.78 is 1.47. The van der Waals surface area contributed by atoms with Gasteiger partial charge in [-0.25, -0.2) is 0 Å². The second-order valence-corrected chi connectivity index (χ2v) is 8.36. The minimum atomic E-state index is -0.890. The highest BCUT2D eigenvalue weighted by molar-refractivity contribution is 5.87. The zero-order valence-corrected chi connectivity index (χ0v) is 16.0. The molecule has 7 nitrogen and oxygen atoms in total. The lowest BCUT2D eigenvalue weighted by atomic mass is 9.89. The van der Waals surface area contributed by atoms with Gasteiger partial charge in [0.1, 0.15) is 12.1 Å². The molecule has 1 aliphatic carbocycles. The van der Waals surface area contributed by atoms with E-state index in [1.165, 1.54) is 17.5 Å². The van der Waals surface area contributed by atoms with E-state index in [0.717, 1.165) is 63.9 Å². The topological polar surface area (TPSA) is 78.7 Å². The number of rotatable bonds is 5. The van der Waals surface area contributed by atoms with Gasteiger partial charge in [0.05, 0.1) is 5.69 Å². The number of nitrogens with zero attached hydrogens (tertiary/aromatic N) is 4. The highest BCUT2D eigenvalue weighted by Crippen LogP contribution is 2.40. The fourth-order valence-electron chi connectivity index (χ4n) is 5.29. The zero-order valence-electron chi connectivity index (χ0n) is 16.0. The van der Waals surface area contributed by atoms with E-state index in [4.69, 9.17) is 5.11 Å². The van der Waals surface area contributed by atoms with Crippen LogP contribution in [0.4, 0.5) is 0 Å². The van der Waals surface area contributed by atoms with Gasteiger partial charge < -0.3 is 10.0 Å². The molecule has 1 saturated carbocycles. The van der Waals surface area contributed by atoms with E-state index in [0.29, 0.717) is 12.5 Å². The lowest BCUT2D eigenvalue weighted by molar-refractivity contribution is -0.145. The largest absolute Gasteiger partial charge is 0.480 e. The third-order valence-electron chi connectivity index (χ3n) is 6.63. The van der Waals surface area contributed by atoms with Gasteiger partial charge in [0.2, 0.25) is 5.91 Å². The van der Waals surface area contributed by atoms with Gasteiger partial charge in [-0.1, -0.05) is 12.8 Å². The number of aromatic nitrogens is 2. The molecule has 0 spiro atoms. The van der Waals surface area contributed by atoms with Crippen LogP contribution >= 0.6 is 0 Å². The molecular formula is C20H30N4O3. The van der Waals surface area contributed by atoms with Gasteiger partial charge >= 0.3 is 5.97 Å². The van der Waals surface area contributed by atoms with Crippen LogP contribution in [0.3, 0.4) is 0 Å². The van der Waals surface area contributed by atoms with Crippen LogP contribution in [0.25, 0.3) is 0 Å². The summed E-state index contributed by atoms with van der Waals surface area (Å²) in [5, 5.41) is 13.4. The molecule has 7 heteroatoms. The third kappa shape index (κ3) is 3.61. The predicted octanol–water partition coefficient (Wildman–Crippen LogP) is 2.08. The first kappa shape index (κ1) is 18.5. The minimum absolute atomic E-state index is 0.118. The Labute approximate surface area is 160 Å². The normalized spacial score (nSPS) is 25.8. The summed E-state index contributed by atoms with van der Waals surface area (Å²) in [7, 11) is 0. The standard InChI is InChI=1S/C20H30N4O3/c25-18(26)15-24-13-7-17(21-24)16-6-5-10-22(14-16)19(27)20(8-1-2-9-20)23-11-3-4-12-23/h7,13,16H,1-6,8-12,14-15H2,(H,25,26)/t16-/m1/s1. The van der Waals surface area contributed by atoms with E-state index in [2.05, 4.69) is 14.9 Å². The molecular weight excluding hydrogens is 344 g/mol. The number of carboxylic acids is 1. The van der Waals surface area contributed by atoms with Crippen LogP contribution in [0, 0.1) is 0 Å². The average Bonchev–Trinajstić information content (AvgIpc) is 3.41. The van der Waals surface area contributed by atoms with Gasteiger partial charge in [-0.15, -0.1) is 0 Å². The molecule has 1 N–H and O–H groups in total. The fourth-order valence-corrected chi connectivity index (χ4v) is 5.29. The van der Waals surface area contributed by atoms with Crippen molar-refractivity contribution in [1.29, 1.82) is 0 Å². The Bertz CT molecular complexity index is 689. The summed E-state index contributed by atoms with van der Waals surface area (Å²) >= 11 is 0. The third-order valence-corrected chi connectivity index (χ3v) is 6.63. The van der Waals surface area contributed by atoms with E-state index in [9.17, 15) is 9.59 Å². The SMILES string of the molecule is O=C(O)Cn1ccc([C@@H]2CCCN(C(=O)C3(N4CCCC4)CCCC3)C2)n1. The van der Waals surface area contributed by atoms with Gasteiger partial charge in [-0.05, 0) is 57.7 Å². The van der Waals surface area contributed by atoms with Crippen molar-refractivity contribution >= 4 is 11.9 Å². The van der Waals surface area contributed by atoms with Gasteiger partial charge in [0.15, 0.2) is 0 Å². The number of carboxylic acid groups (broad SMARTS) is 1. The molecule has 2 saturated heterocycles. The molecule has 148 valence electrons. The van der Waals surface area contributed by atoms with Crippen LogP contribution in [0.2, 0.25) is 0 Å². The van der Waals surface area contributed by atoms with Crippen LogP contribution < -0.4 is 0 Å². The maximum absolute atomic E-state index is 13.6. The fraction of sp³-hybridized carbons (Fsp3) is 0.750. The zero-order chi connectivity index (χ0) is 18.9. The monoisotopic (exact) mass is 374 g/mol. The Kier molecular flexibility index (Phi) is 5.21.